The topological polar surface area (TPSA) is 97.5 Å². The fraction of sp³-hybridized carbons (Fsp3) is 0.536. The highest BCUT2D eigenvalue weighted by molar-refractivity contribution is 5.94. The number of nitrogens with zero attached hydrogens (tertiary/aromatic N) is 2. The molecule has 2 aromatic rings. The first-order valence-electron chi connectivity index (χ1n) is 13.1. The van der Waals surface area contributed by atoms with Crippen LogP contribution < -0.4 is 11.1 Å². The molecule has 1 aliphatic carbocycles. The molecule has 1 aromatic carbocycles. The summed E-state index contributed by atoms with van der Waals surface area (Å²) < 4.78 is 44.2. The van der Waals surface area contributed by atoms with Crippen LogP contribution >= 0.6 is 0 Å². The first kappa shape index (κ1) is 27.9. The van der Waals surface area contributed by atoms with Crippen LogP contribution in [0, 0.1) is 18.8 Å². The van der Waals surface area contributed by atoms with Crippen LogP contribution in [0.25, 0.3) is 0 Å². The lowest BCUT2D eigenvalue weighted by atomic mass is 9.81. The average molecular weight is 533 g/mol. The number of aryl methyl sites for hydroxylation is 1. The van der Waals surface area contributed by atoms with E-state index in [1.54, 1.807) is 6.20 Å². The SMILES string of the molecule is CC[C@@H]1c2ncc(C(=O)N[C@@H](COC(N)=O)c3ccc(C)cc3)cc2CN1C[C@H]1CC[C@H](C(F)(F)F)CC1. The molecule has 0 radical (unpaired) electrons. The van der Waals surface area contributed by atoms with Crippen molar-refractivity contribution in [1.82, 2.24) is 15.2 Å². The van der Waals surface area contributed by atoms with E-state index in [0.717, 1.165) is 35.3 Å². The number of primary amides is 1. The number of nitrogens with two attached hydrogens (primary N) is 1. The third-order valence-electron chi connectivity index (χ3n) is 7.76. The van der Waals surface area contributed by atoms with E-state index in [4.69, 9.17) is 10.5 Å². The number of aromatic nitrogens is 1. The molecule has 1 saturated carbocycles. The molecule has 2 atom stereocenters. The Hall–Kier alpha value is -3.14. The highest BCUT2D eigenvalue weighted by Gasteiger charge is 2.42. The molecule has 10 heteroatoms. The molecule has 0 saturated heterocycles. The Morgan fingerprint density at radius 2 is 1.87 bits per heavy atom. The number of carbonyl (C=O) groups excluding carboxylic acids is 2. The van der Waals surface area contributed by atoms with E-state index in [9.17, 15) is 22.8 Å². The number of hydrogen-bond acceptors (Lipinski definition) is 5. The third kappa shape index (κ3) is 6.64. The minimum Gasteiger partial charge on any atom is -0.447 e. The highest BCUT2D eigenvalue weighted by Crippen LogP contribution is 2.42. The molecule has 1 aromatic heterocycles. The van der Waals surface area contributed by atoms with Gasteiger partial charge in [-0.1, -0.05) is 36.8 Å². The van der Waals surface area contributed by atoms with E-state index in [2.05, 4.69) is 22.1 Å². The Balaban J connectivity index is 1.43. The first-order chi connectivity index (χ1) is 18.0. The minimum absolute atomic E-state index is 0.0757. The van der Waals surface area contributed by atoms with Crippen molar-refractivity contribution in [3.05, 3.63) is 64.5 Å². The molecule has 7 nitrogen and oxygen atoms in total. The summed E-state index contributed by atoms with van der Waals surface area (Å²) in [6, 6.07) is 8.86. The van der Waals surface area contributed by atoms with Crippen molar-refractivity contribution in [3.63, 3.8) is 0 Å². The smallest absolute Gasteiger partial charge is 0.404 e. The number of hydrogen-bond donors (Lipinski definition) is 2. The van der Waals surface area contributed by atoms with Gasteiger partial charge in [-0.05, 0) is 62.1 Å². The number of nitrogens with one attached hydrogen (secondary N) is 1. The molecule has 2 heterocycles. The quantitative estimate of drug-likeness (QED) is 0.462. The van der Waals surface area contributed by atoms with Gasteiger partial charge in [0.25, 0.3) is 5.91 Å². The molecule has 206 valence electrons. The number of carbonyl (C=O) groups is 2. The molecular weight excluding hydrogens is 497 g/mol. The Morgan fingerprint density at radius 1 is 1.18 bits per heavy atom. The van der Waals surface area contributed by atoms with Gasteiger partial charge in [0.15, 0.2) is 0 Å². The summed E-state index contributed by atoms with van der Waals surface area (Å²) in [5.41, 5.74) is 9.23. The zero-order chi connectivity index (χ0) is 27.4. The van der Waals surface area contributed by atoms with Crippen LogP contribution in [0.15, 0.2) is 36.5 Å². The van der Waals surface area contributed by atoms with Crippen molar-refractivity contribution in [3.8, 4) is 0 Å². The van der Waals surface area contributed by atoms with Gasteiger partial charge in [0.1, 0.15) is 6.61 Å². The number of fused-ring (bicyclic) bond motifs is 1. The second-order valence-electron chi connectivity index (χ2n) is 10.4. The number of amides is 2. The van der Waals surface area contributed by atoms with Gasteiger partial charge in [0, 0.05) is 19.3 Å². The van der Waals surface area contributed by atoms with Crippen molar-refractivity contribution in [1.29, 1.82) is 0 Å². The molecular formula is C28H35F3N4O3. The van der Waals surface area contributed by atoms with Crippen molar-refractivity contribution >= 4 is 12.0 Å². The minimum atomic E-state index is -4.11. The number of pyridine rings is 1. The first-order valence-corrected chi connectivity index (χ1v) is 13.1. The monoisotopic (exact) mass is 532 g/mol. The molecule has 1 fully saturated rings. The van der Waals surface area contributed by atoms with E-state index in [-0.39, 0.29) is 37.3 Å². The fourth-order valence-electron chi connectivity index (χ4n) is 5.65. The van der Waals surface area contributed by atoms with Gasteiger partial charge in [-0.2, -0.15) is 13.2 Å². The maximum Gasteiger partial charge on any atom is 0.404 e. The normalized spacial score (nSPS) is 22.5. The van der Waals surface area contributed by atoms with Crippen molar-refractivity contribution in [2.75, 3.05) is 13.2 Å². The Morgan fingerprint density at radius 3 is 2.47 bits per heavy atom. The second kappa shape index (κ2) is 11.7. The predicted molar refractivity (Wildman–Crippen MR) is 136 cm³/mol. The molecule has 3 N–H and O–H groups in total. The number of ether oxygens (including phenoxy) is 1. The molecule has 1 aliphatic heterocycles. The Bertz CT molecular complexity index is 1130. The average Bonchev–Trinajstić information content (AvgIpc) is 3.22. The lowest BCUT2D eigenvalue weighted by Crippen LogP contribution is -2.33. The van der Waals surface area contributed by atoms with Gasteiger partial charge >= 0.3 is 12.3 Å². The summed E-state index contributed by atoms with van der Waals surface area (Å²) in [4.78, 5) is 31.3. The number of alkyl halides is 3. The molecule has 0 bridgehead atoms. The zero-order valence-corrected chi connectivity index (χ0v) is 21.8. The lowest BCUT2D eigenvalue weighted by Gasteiger charge is -2.33. The second-order valence-corrected chi connectivity index (χ2v) is 10.4. The maximum atomic E-state index is 13.2. The summed E-state index contributed by atoms with van der Waals surface area (Å²) in [5, 5.41) is 2.92. The van der Waals surface area contributed by atoms with E-state index in [0.29, 0.717) is 24.9 Å². The van der Waals surface area contributed by atoms with Gasteiger partial charge in [-0.15, -0.1) is 0 Å². The van der Waals surface area contributed by atoms with E-state index >= 15 is 0 Å². The summed E-state index contributed by atoms with van der Waals surface area (Å²) in [7, 11) is 0. The van der Waals surface area contributed by atoms with E-state index in [1.165, 1.54) is 0 Å². The van der Waals surface area contributed by atoms with Crippen LogP contribution in [-0.4, -0.2) is 41.2 Å². The molecule has 2 aliphatic rings. The van der Waals surface area contributed by atoms with E-state index in [1.807, 2.05) is 37.3 Å². The van der Waals surface area contributed by atoms with Crippen molar-refractivity contribution < 1.29 is 27.5 Å². The summed E-state index contributed by atoms with van der Waals surface area (Å²) >= 11 is 0. The zero-order valence-electron chi connectivity index (χ0n) is 21.8. The molecule has 0 unspecified atom stereocenters. The summed E-state index contributed by atoms with van der Waals surface area (Å²) in [6.45, 7) is 5.24. The number of halogens is 3. The van der Waals surface area contributed by atoms with Crippen molar-refractivity contribution in [2.24, 2.45) is 17.6 Å². The van der Waals surface area contributed by atoms with E-state index < -0.39 is 24.2 Å². The predicted octanol–water partition coefficient (Wildman–Crippen LogP) is 5.59. The number of benzene rings is 1. The molecule has 38 heavy (non-hydrogen) atoms. The van der Waals surface area contributed by atoms with Crippen molar-refractivity contribution in [2.45, 2.75) is 70.8 Å². The lowest BCUT2D eigenvalue weighted by molar-refractivity contribution is -0.184. The van der Waals surface area contributed by atoms with Gasteiger partial charge in [0.2, 0.25) is 0 Å². The number of rotatable bonds is 8. The highest BCUT2D eigenvalue weighted by atomic mass is 19.4. The van der Waals surface area contributed by atoms with Gasteiger partial charge in [0.05, 0.1) is 29.3 Å². The van der Waals surface area contributed by atoms with Crippen LogP contribution in [0.1, 0.15) is 83.9 Å². The maximum absolute atomic E-state index is 13.2. The largest absolute Gasteiger partial charge is 0.447 e. The Labute approximate surface area is 220 Å². The van der Waals surface area contributed by atoms with Crippen LogP contribution in [0.4, 0.5) is 18.0 Å². The standard InChI is InChI=1S/C28H35F3N4O3/c1-3-24-25-21(15-35(24)14-18-6-10-22(11-7-18)28(29,30)31)12-20(13-33-25)26(36)34-23(16-38-27(32)37)19-8-4-17(2)5-9-19/h4-5,8-9,12-13,18,22-24H,3,6-7,10-11,14-16H2,1-2H3,(H2,32,37)(H,34,36)/t18-,22-,23-,24+/m0/s1. The molecule has 2 amide bonds. The fourth-order valence-corrected chi connectivity index (χ4v) is 5.65. The van der Waals surface area contributed by atoms with Gasteiger partial charge in [-0.3, -0.25) is 14.7 Å². The van der Waals surface area contributed by atoms with Crippen LogP contribution in [0.2, 0.25) is 0 Å². The Kier molecular flexibility index (Phi) is 8.60. The van der Waals surface area contributed by atoms with Gasteiger partial charge < -0.3 is 15.8 Å². The van der Waals surface area contributed by atoms with Crippen LogP contribution in [0.3, 0.4) is 0 Å². The molecule has 4 rings (SSSR count). The summed E-state index contributed by atoms with van der Waals surface area (Å²) in [6.07, 6.45) is -1.13. The van der Waals surface area contributed by atoms with Crippen LogP contribution in [0.5, 0.6) is 0 Å². The van der Waals surface area contributed by atoms with Crippen LogP contribution in [-0.2, 0) is 11.3 Å². The third-order valence-corrected chi connectivity index (χ3v) is 7.76. The molecule has 0 spiro atoms. The van der Waals surface area contributed by atoms with Gasteiger partial charge in [-0.25, -0.2) is 4.79 Å². The summed E-state index contributed by atoms with van der Waals surface area (Å²) in [5.74, 6) is -1.31.